The SMILES string of the molecule is Cc1nn(C)c(C)c1S(=O)(=O)C[C@@H](CCc1ccccc1)C(=O)NC(CC(C)C)C(=O)C[C@@H](Cc1ccccc1)C(=O)NC(CC(C)C)C(=O)C1(C)CC1. The molecule has 4 atom stereocenters. The summed E-state index contributed by atoms with van der Waals surface area (Å²) >= 11 is 0. The van der Waals surface area contributed by atoms with E-state index in [-0.39, 0.29) is 53.5 Å². The third-order valence-electron chi connectivity index (χ3n) is 10.7. The minimum atomic E-state index is -3.94. The van der Waals surface area contributed by atoms with E-state index in [1.165, 1.54) is 4.68 Å². The van der Waals surface area contributed by atoms with Crippen molar-refractivity contribution < 1.29 is 27.6 Å². The molecule has 1 fully saturated rings. The molecule has 2 amide bonds. The average Bonchev–Trinajstić information content (AvgIpc) is 3.80. The van der Waals surface area contributed by atoms with Crippen molar-refractivity contribution in [3.05, 3.63) is 83.2 Å². The van der Waals surface area contributed by atoms with E-state index < -0.39 is 50.8 Å². The highest BCUT2D eigenvalue weighted by molar-refractivity contribution is 7.91. The van der Waals surface area contributed by atoms with Gasteiger partial charge in [0.05, 0.1) is 35.1 Å². The largest absolute Gasteiger partial charge is 0.346 e. The van der Waals surface area contributed by atoms with E-state index in [2.05, 4.69) is 15.7 Å². The first-order chi connectivity index (χ1) is 25.4. The highest BCUT2D eigenvalue weighted by Gasteiger charge is 2.48. The molecule has 2 aromatic carbocycles. The van der Waals surface area contributed by atoms with Crippen LogP contribution in [0, 0.1) is 42.9 Å². The summed E-state index contributed by atoms with van der Waals surface area (Å²) in [6.45, 7) is 13.2. The Hall–Kier alpha value is -4.12. The molecule has 0 radical (unpaired) electrons. The number of rotatable bonds is 21. The van der Waals surface area contributed by atoms with Crippen molar-refractivity contribution in [1.82, 2.24) is 20.4 Å². The smallest absolute Gasteiger partial charge is 0.224 e. The van der Waals surface area contributed by atoms with Gasteiger partial charge in [0, 0.05) is 24.8 Å². The van der Waals surface area contributed by atoms with E-state index >= 15 is 0 Å². The van der Waals surface area contributed by atoms with Gasteiger partial charge in [-0.2, -0.15) is 5.10 Å². The number of carbonyl (C=O) groups is 4. The molecule has 1 aromatic heterocycles. The van der Waals surface area contributed by atoms with Crippen LogP contribution in [-0.2, 0) is 48.9 Å². The number of hydrogen-bond donors (Lipinski definition) is 2. The Kier molecular flexibility index (Phi) is 14.6. The van der Waals surface area contributed by atoms with Crippen molar-refractivity contribution in [3.63, 3.8) is 0 Å². The molecule has 0 saturated heterocycles. The number of Topliss-reactive ketones (excluding diaryl/α,β-unsaturated/α-hetero) is 2. The highest BCUT2D eigenvalue weighted by Crippen LogP contribution is 2.47. The lowest BCUT2D eigenvalue weighted by molar-refractivity contribution is -0.135. The minimum absolute atomic E-state index is 0.0140. The predicted octanol–water partition coefficient (Wildman–Crippen LogP) is 6.31. The van der Waals surface area contributed by atoms with Crippen LogP contribution in [0.3, 0.4) is 0 Å². The van der Waals surface area contributed by atoms with Gasteiger partial charge >= 0.3 is 0 Å². The molecule has 0 spiro atoms. The Morgan fingerprint density at radius 3 is 1.83 bits per heavy atom. The molecular formula is C43H60N4O6S. The molecule has 1 aliphatic rings. The maximum absolute atomic E-state index is 14.3. The summed E-state index contributed by atoms with van der Waals surface area (Å²) in [5, 5.41) is 10.3. The number of carbonyl (C=O) groups excluding carboxylic acids is 4. The van der Waals surface area contributed by atoms with Crippen LogP contribution in [0.25, 0.3) is 0 Å². The number of sulfone groups is 1. The lowest BCUT2D eigenvalue weighted by Gasteiger charge is -2.27. The lowest BCUT2D eigenvalue weighted by atomic mass is 9.87. The highest BCUT2D eigenvalue weighted by atomic mass is 32.2. The summed E-state index contributed by atoms with van der Waals surface area (Å²) in [4.78, 5) is 56.2. The molecule has 1 aliphatic carbocycles. The summed E-state index contributed by atoms with van der Waals surface area (Å²) in [5.74, 6) is -3.14. The van der Waals surface area contributed by atoms with Crippen LogP contribution in [0.4, 0.5) is 0 Å². The first kappa shape index (κ1) is 42.6. The molecular weight excluding hydrogens is 701 g/mol. The van der Waals surface area contributed by atoms with E-state index in [9.17, 15) is 27.6 Å². The third kappa shape index (κ3) is 11.7. The maximum atomic E-state index is 14.3. The van der Waals surface area contributed by atoms with Crippen molar-refractivity contribution in [2.75, 3.05) is 5.75 Å². The van der Waals surface area contributed by atoms with Gasteiger partial charge in [-0.05, 0) is 81.8 Å². The monoisotopic (exact) mass is 760 g/mol. The fourth-order valence-electron chi connectivity index (χ4n) is 7.25. The standard InChI is InChI=1S/C43H60N4O6S/c1-28(2)23-36(44-41(50)34(20-19-32-15-11-9-12-16-32)27-54(52,53)39-30(5)46-47(8)31(39)6)38(48)26-35(25-33-17-13-10-14-18-33)42(51)45-37(24-29(3)4)40(49)43(7)21-22-43/h9-18,28-29,34-37H,19-27H2,1-8H3,(H,44,50)(H,45,51)/t34-,35-,36?,37?/m1/s1. The number of aryl methyl sites for hydroxylation is 3. The molecule has 2 unspecified atom stereocenters. The van der Waals surface area contributed by atoms with Crippen molar-refractivity contribution in [1.29, 1.82) is 0 Å². The second-order valence-electron chi connectivity index (χ2n) is 16.5. The fourth-order valence-corrected chi connectivity index (χ4v) is 9.34. The summed E-state index contributed by atoms with van der Waals surface area (Å²) in [6, 6.07) is 17.4. The molecule has 2 N–H and O–H groups in total. The normalized spacial score (nSPS) is 16.0. The molecule has 11 heteroatoms. The second kappa shape index (κ2) is 18.5. The van der Waals surface area contributed by atoms with Gasteiger partial charge in [0.1, 0.15) is 4.90 Å². The Bertz CT molecular complexity index is 1870. The van der Waals surface area contributed by atoms with Gasteiger partial charge in [0.25, 0.3) is 0 Å². The van der Waals surface area contributed by atoms with Gasteiger partial charge in [-0.3, -0.25) is 23.9 Å². The van der Waals surface area contributed by atoms with Gasteiger partial charge in [0.2, 0.25) is 11.8 Å². The van der Waals surface area contributed by atoms with Gasteiger partial charge in [-0.25, -0.2) is 8.42 Å². The van der Waals surface area contributed by atoms with Crippen molar-refractivity contribution >= 4 is 33.2 Å². The molecule has 54 heavy (non-hydrogen) atoms. The average molecular weight is 761 g/mol. The summed E-state index contributed by atoms with van der Waals surface area (Å²) in [6.07, 6.45) is 3.26. The number of aromatic nitrogens is 2. The number of nitrogens with one attached hydrogen (secondary N) is 2. The van der Waals surface area contributed by atoms with Crippen LogP contribution in [0.5, 0.6) is 0 Å². The van der Waals surface area contributed by atoms with Crippen molar-refractivity contribution in [2.45, 2.75) is 117 Å². The molecule has 4 rings (SSSR count). The molecule has 294 valence electrons. The Morgan fingerprint density at radius 1 is 0.796 bits per heavy atom. The third-order valence-corrected chi connectivity index (χ3v) is 12.7. The minimum Gasteiger partial charge on any atom is -0.346 e. The van der Waals surface area contributed by atoms with Crippen LogP contribution >= 0.6 is 0 Å². The number of hydrogen-bond acceptors (Lipinski definition) is 7. The molecule has 1 heterocycles. The second-order valence-corrected chi connectivity index (χ2v) is 18.5. The first-order valence-electron chi connectivity index (χ1n) is 19.4. The molecule has 0 bridgehead atoms. The van der Waals surface area contributed by atoms with Crippen LogP contribution < -0.4 is 10.6 Å². The first-order valence-corrected chi connectivity index (χ1v) is 21.0. The summed E-state index contributed by atoms with van der Waals surface area (Å²) in [7, 11) is -2.25. The van der Waals surface area contributed by atoms with Gasteiger partial charge in [0.15, 0.2) is 21.4 Å². The number of nitrogens with zero attached hydrogens (tertiary/aromatic N) is 2. The van der Waals surface area contributed by atoms with Crippen LogP contribution in [0.15, 0.2) is 65.6 Å². The topological polar surface area (TPSA) is 144 Å². The summed E-state index contributed by atoms with van der Waals surface area (Å²) < 4.78 is 29.3. The molecule has 3 aromatic rings. The number of benzene rings is 2. The molecule has 0 aliphatic heterocycles. The van der Waals surface area contributed by atoms with Crippen LogP contribution in [-0.4, -0.2) is 59.4 Å². The molecule has 1 saturated carbocycles. The van der Waals surface area contributed by atoms with Crippen LogP contribution in [0.1, 0.15) is 95.7 Å². The predicted molar refractivity (Wildman–Crippen MR) is 211 cm³/mol. The van der Waals surface area contributed by atoms with Gasteiger partial charge in [-0.1, -0.05) is 95.3 Å². The van der Waals surface area contributed by atoms with Gasteiger partial charge in [-0.15, -0.1) is 0 Å². The van der Waals surface area contributed by atoms with E-state index in [1.807, 2.05) is 95.3 Å². The van der Waals surface area contributed by atoms with Gasteiger partial charge < -0.3 is 10.6 Å². The van der Waals surface area contributed by atoms with Crippen LogP contribution in [0.2, 0.25) is 0 Å². The lowest BCUT2D eigenvalue weighted by Crippen LogP contribution is -2.49. The number of amides is 2. The zero-order valence-corrected chi connectivity index (χ0v) is 34.2. The Balaban J connectivity index is 1.60. The summed E-state index contributed by atoms with van der Waals surface area (Å²) in [5.41, 5.74) is 2.28. The maximum Gasteiger partial charge on any atom is 0.224 e. The van der Waals surface area contributed by atoms with Crippen molar-refractivity contribution in [3.8, 4) is 0 Å². The molecule has 10 nitrogen and oxygen atoms in total. The fraction of sp³-hybridized carbons (Fsp3) is 0.558. The zero-order valence-electron chi connectivity index (χ0n) is 33.4. The quantitative estimate of drug-likeness (QED) is 0.130. The van der Waals surface area contributed by atoms with E-state index in [0.29, 0.717) is 30.7 Å². The zero-order chi connectivity index (χ0) is 39.8. The van der Waals surface area contributed by atoms with E-state index in [4.69, 9.17) is 0 Å². The number of ketones is 2. The Labute approximate surface area is 322 Å². The van der Waals surface area contributed by atoms with E-state index in [1.54, 1.807) is 20.9 Å². The Morgan fingerprint density at radius 2 is 1.31 bits per heavy atom. The van der Waals surface area contributed by atoms with Crippen molar-refractivity contribution in [2.24, 2.45) is 36.1 Å². The van der Waals surface area contributed by atoms with E-state index in [0.717, 1.165) is 24.0 Å².